The average Bonchev–Trinajstić information content (AvgIpc) is 2.53. The Balaban J connectivity index is 1.88. The van der Waals surface area contributed by atoms with Crippen molar-refractivity contribution in [2.45, 2.75) is 31.7 Å². The highest BCUT2D eigenvalue weighted by molar-refractivity contribution is 6.07. The van der Waals surface area contributed by atoms with Gasteiger partial charge in [0.05, 0.1) is 0 Å². The molecule has 0 aliphatic heterocycles. The summed E-state index contributed by atoms with van der Waals surface area (Å²) >= 11 is 0. The van der Waals surface area contributed by atoms with Crippen molar-refractivity contribution in [2.24, 2.45) is 0 Å². The zero-order chi connectivity index (χ0) is 14.8. The first-order chi connectivity index (χ1) is 10.2. The average molecular weight is 281 g/mol. The summed E-state index contributed by atoms with van der Waals surface area (Å²) in [6.45, 7) is 0. The Morgan fingerprint density at radius 3 is 2.48 bits per heavy atom. The van der Waals surface area contributed by atoms with Crippen LogP contribution >= 0.6 is 0 Å². The Morgan fingerprint density at radius 1 is 1.05 bits per heavy atom. The molecule has 1 aliphatic carbocycles. The third kappa shape index (κ3) is 2.68. The van der Waals surface area contributed by atoms with Crippen LogP contribution in [-0.2, 0) is 4.79 Å². The Hall–Kier alpha value is -2.16. The van der Waals surface area contributed by atoms with Gasteiger partial charge in [0.15, 0.2) is 0 Å². The third-order valence-corrected chi connectivity index (χ3v) is 4.40. The molecular formula is C18H19NO2. The number of fused-ring (bicyclic) bond motifs is 1. The van der Waals surface area contributed by atoms with Gasteiger partial charge in [0.25, 0.3) is 5.91 Å². The van der Waals surface area contributed by atoms with E-state index >= 15 is 0 Å². The van der Waals surface area contributed by atoms with E-state index in [1.54, 1.807) is 0 Å². The van der Waals surface area contributed by atoms with Crippen molar-refractivity contribution in [2.75, 3.05) is 7.05 Å². The molecule has 0 aromatic heterocycles. The Kier molecular flexibility index (Phi) is 3.74. The molecule has 3 heteroatoms. The number of hydrogen-bond acceptors (Lipinski definition) is 2. The number of Topliss-reactive ketones (excluding diaryl/α,β-unsaturated/α-hetero) is 1. The smallest absolute Gasteiger partial charge is 0.254 e. The van der Waals surface area contributed by atoms with Crippen LogP contribution in [0.1, 0.15) is 36.0 Å². The summed E-state index contributed by atoms with van der Waals surface area (Å²) in [5, 5.41) is 2.07. The predicted octanol–water partition coefficient (Wildman–Crippen LogP) is 3.42. The molecule has 0 atom stereocenters. The van der Waals surface area contributed by atoms with Gasteiger partial charge in [0.2, 0.25) is 0 Å². The molecule has 3 nitrogen and oxygen atoms in total. The van der Waals surface area contributed by atoms with Crippen LogP contribution in [0.5, 0.6) is 0 Å². The van der Waals surface area contributed by atoms with E-state index in [1.165, 1.54) is 0 Å². The second-order valence-corrected chi connectivity index (χ2v) is 5.71. The largest absolute Gasteiger partial charge is 0.339 e. The maximum absolute atomic E-state index is 12.8. The highest BCUT2D eigenvalue weighted by Gasteiger charge is 2.26. The van der Waals surface area contributed by atoms with Gasteiger partial charge in [-0.3, -0.25) is 9.59 Å². The number of ketones is 1. The van der Waals surface area contributed by atoms with Gasteiger partial charge in [-0.25, -0.2) is 0 Å². The predicted molar refractivity (Wildman–Crippen MR) is 83.3 cm³/mol. The normalized spacial score (nSPS) is 16.1. The number of amides is 1. The first-order valence-electron chi connectivity index (χ1n) is 7.43. The van der Waals surface area contributed by atoms with Gasteiger partial charge >= 0.3 is 0 Å². The maximum atomic E-state index is 12.8. The summed E-state index contributed by atoms with van der Waals surface area (Å²) < 4.78 is 0. The van der Waals surface area contributed by atoms with Crippen LogP contribution < -0.4 is 0 Å². The van der Waals surface area contributed by atoms with Crippen LogP contribution in [0.15, 0.2) is 42.5 Å². The molecule has 2 aromatic carbocycles. The lowest BCUT2D eigenvalue weighted by Crippen LogP contribution is -2.39. The standard InChI is InChI=1S/C18H19NO2/c1-19(14-9-11-15(20)12-10-14)18(21)17-8-4-6-13-5-2-3-7-16(13)17/h2-8,14H,9-12H2,1H3. The van der Waals surface area contributed by atoms with Gasteiger partial charge in [-0.1, -0.05) is 36.4 Å². The molecule has 0 heterocycles. The van der Waals surface area contributed by atoms with Gasteiger partial charge in [0.1, 0.15) is 5.78 Å². The summed E-state index contributed by atoms with van der Waals surface area (Å²) in [7, 11) is 1.85. The SMILES string of the molecule is CN(C(=O)c1cccc2ccccc12)C1CCC(=O)CC1. The van der Waals surface area contributed by atoms with E-state index in [-0.39, 0.29) is 11.9 Å². The second kappa shape index (κ2) is 5.68. The summed E-state index contributed by atoms with van der Waals surface area (Å²) in [6.07, 6.45) is 2.76. The minimum Gasteiger partial charge on any atom is -0.339 e. The third-order valence-electron chi connectivity index (χ3n) is 4.40. The van der Waals surface area contributed by atoms with Crippen LogP contribution in [0.3, 0.4) is 0 Å². The molecule has 0 unspecified atom stereocenters. The van der Waals surface area contributed by atoms with Crippen molar-refractivity contribution < 1.29 is 9.59 Å². The van der Waals surface area contributed by atoms with Crippen LogP contribution in [0.4, 0.5) is 0 Å². The monoisotopic (exact) mass is 281 g/mol. The lowest BCUT2D eigenvalue weighted by atomic mass is 9.92. The van der Waals surface area contributed by atoms with Crippen LogP contribution in [-0.4, -0.2) is 29.7 Å². The minimum atomic E-state index is 0.0474. The van der Waals surface area contributed by atoms with Crippen molar-refractivity contribution >= 4 is 22.5 Å². The van der Waals surface area contributed by atoms with E-state index in [1.807, 2.05) is 54.4 Å². The zero-order valence-electron chi connectivity index (χ0n) is 12.2. The summed E-state index contributed by atoms with van der Waals surface area (Å²) in [4.78, 5) is 25.9. The molecule has 1 aliphatic rings. The van der Waals surface area contributed by atoms with E-state index in [0.29, 0.717) is 18.6 Å². The molecule has 0 N–H and O–H groups in total. The highest BCUT2D eigenvalue weighted by atomic mass is 16.2. The van der Waals surface area contributed by atoms with Crippen molar-refractivity contribution in [1.82, 2.24) is 4.90 Å². The molecule has 0 spiro atoms. The van der Waals surface area contributed by atoms with Gasteiger partial charge in [-0.2, -0.15) is 0 Å². The van der Waals surface area contributed by atoms with Crippen LogP contribution in [0.2, 0.25) is 0 Å². The fourth-order valence-corrected chi connectivity index (χ4v) is 3.08. The van der Waals surface area contributed by atoms with E-state index < -0.39 is 0 Å². The minimum absolute atomic E-state index is 0.0474. The zero-order valence-corrected chi connectivity index (χ0v) is 12.2. The first kappa shape index (κ1) is 13.8. The molecule has 3 rings (SSSR count). The fourth-order valence-electron chi connectivity index (χ4n) is 3.08. The molecule has 21 heavy (non-hydrogen) atoms. The summed E-state index contributed by atoms with van der Waals surface area (Å²) in [6, 6.07) is 13.9. The molecule has 1 saturated carbocycles. The molecule has 0 saturated heterocycles. The van der Waals surface area contributed by atoms with E-state index in [2.05, 4.69) is 0 Å². The van der Waals surface area contributed by atoms with Crippen molar-refractivity contribution in [3.63, 3.8) is 0 Å². The second-order valence-electron chi connectivity index (χ2n) is 5.71. The van der Waals surface area contributed by atoms with E-state index in [4.69, 9.17) is 0 Å². The maximum Gasteiger partial charge on any atom is 0.254 e. The van der Waals surface area contributed by atoms with Crippen molar-refractivity contribution in [3.8, 4) is 0 Å². The molecule has 1 fully saturated rings. The molecule has 0 bridgehead atoms. The van der Waals surface area contributed by atoms with Crippen LogP contribution in [0, 0.1) is 0 Å². The Morgan fingerprint density at radius 2 is 1.71 bits per heavy atom. The number of benzene rings is 2. The molecule has 108 valence electrons. The molecule has 1 amide bonds. The molecule has 0 radical (unpaired) electrons. The van der Waals surface area contributed by atoms with E-state index in [0.717, 1.165) is 29.2 Å². The number of hydrogen-bond donors (Lipinski definition) is 0. The van der Waals surface area contributed by atoms with Crippen molar-refractivity contribution in [3.05, 3.63) is 48.0 Å². The molecular weight excluding hydrogens is 262 g/mol. The molecule has 2 aromatic rings. The summed E-state index contributed by atoms with van der Waals surface area (Å²) in [5.74, 6) is 0.364. The van der Waals surface area contributed by atoms with E-state index in [9.17, 15) is 9.59 Å². The van der Waals surface area contributed by atoms with Gasteiger partial charge in [-0.05, 0) is 29.7 Å². The van der Waals surface area contributed by atoms with Gasteiger partial charge in [0, 0.05) is 31.5 Å². The Bertz CT molecular complexity index is 677. The lowest BCUT2D eigenvalue weighted by Gasteiger charge is -2.31. The quantitative estimate of drug-likeness (QED) is 0.845. The topological polar surface area (TPSA) is 37.4 Å². The lowest BCUT2D eigenvalue weighted by molar-refractivity contribution is -0.121. The highest BCUT2D eigenvalue weighted by Crippen LogP contribution is 2.24. The number of nitrogens with zero attached hydrogens (tertiary/aromatic N) is 1. The van der Waals surface area contributed by atoms with Gasteiger partial charge in [-0.15, -0.1) is 0 Å². The van der Waals surface area contributed by atoms with Crippen LogP contribution in [0.25, 0.3) is 10.8 Å². The first-order valence-corrected chi connectivity index (χ1v) is 7.43. The number of carbonyl (C=O) groups excluding carboxylic acids is 2. The van der Waals surface area contributed by atoms with Crippen molar-refractivity contribution in [1.29, 1.82) is 0 Å². The fraction of sp³-hybridized carbons (Fsp3) is 0.333. The summed E-state index contributed by atoms with van der Waals surface area (Å²) in [5.41, 5.74) is 0.743. The Labute approximate surface area is 124 Å². The van der Waals surface area contributed by atoms with Gasteiger partial charge < -0.3 is 4.90 Å². The number of rotatable bonds is 2. The number of carbonyl (C=O) groups is 2.